The van der Waals surface area contributed by atoms with Crippen molar-refractivity contribution in [1.82, 2.24) is 0 Å². The number of carbonyl (C=O) groups excluding carboxylic acids is 1. The van der Waals surface area contributed by atoms with Crippen LogP contribution >= 0.6 is 0 Å². The molecule has 2 aliphatic rings. The standard InChI is InChI=1S/C23H26O/c1-15-9-11-19(21(13-15)17-5-3-6-17)23(24)20-12-10-16(2)14-22(20)18-7-4-8-18/h9-14,17-18H,3-8H2,1-2H3. The van der Waals surface area contributed by atoms with Gasteiger partial charge >= 0.3 is 0 Å². The molecule has 0 spiro atoms. The van der Waals surface area contributed by atoms with Crippen LogP contribution < -0.4 is 0 Å². The summed E-state index contributed by atoms with van der Waals surface area (Å²) in [6, 6.07) is 12.8. The third-order valence-electron chi connectivity index (χ3n) is 5.99. The molecule has 0 aliphatic heterocycles. The molecule has 2 saturated carbocycles. The van der Waals surface area contributed by atoms with Gasteiger partial charge in [-0.05, 0) is 62.5 Å². The Kier molecular flexibility index (Phi) is 4.04. The summed E-state index contributed by atoms with van der Waals surface area (Å²) < 4.78 is 0. The third kappa shape index (κ3) is 2.70. The van der Waals surface area contributed by atoms with Crippen LogP contribution in [0.3, 0.4) is 0 Å². The fourth-order valence-corrected chi connectivity index (χ4v) is 4.04. The Labute approximate surface area is 145 Å². The van der Waals surface area contributed by atoms with E-state index in [4.69, 9.17) is 0 Å². The zero-order valence-electron chi connectivity index (χ0n) is 14.8. The Hall–Kier alpha value is -1.89. The molecule has 0 N–H and O–H groups in total. The van der Waals surface area contributed by atoms with Crippen LogP contribution in [0, 0.1) is 13.8 Å². The normalized spacial score (nSPS) is 18.1. The van der Waals surface area contributed by atoms with E-state index in [1.165, 1.54) is 60.8 Å². The van der Waals surface area contributed by atoms with Crippen LogP contribution in [-0.4, -0.2) is 5.78 Å². The predicted octanol–water partition coefficient (Wildman–Crippen LogP) is 6.07. The van der Waals surface area contributed by atoms with Crippen LogP contribution in [0.15, 0.2) is 36.4 Å². The van der Waals surface area contributed by atoms with E-state index >= 15 is 0 Å². The number of hydrogen-bond donors (Lipinski definition) is 0. The topological polar surface area (TPSA) is 17.1 Å². The number of benzene rings is 2. The van der Waals surface area contributed by atoms with Gasteiger partial charge < -0.3 is 0 Å². The van der Waals surface area contributed by atoms with Crippen molar-refractivity contribution in [3.63, 3.8) is 0 Å². The van der Waals surface area contributed by atoms with Gasteiger partial charge in [0, 0.05) is 11.1 Å². The second-order valence-corrected chi connectivity index (χ2v) is 7.77. The first-order valence-corrected chi connectivity index (χ1v) is 9.39. The molecule has 0 heterocycles. The second-order valence-electron chi connectivity index (χ2n) is 7.77. The van der Waals surface area contributed by atoms with Crippen LogP contribution in [0.4, 0.5) is 0 Å². The quantitative estimate of drug-likeness (QED) is 0.625. The molecule has 1 heteroatoms. The number of hydrogen-bond acceptors (Lipinski definition) is 1. The molecule has 0 bridgehead atoms. The minimum Gasteiger partial charge on any atom is -0.289 e. The van der Waals surface area contributed by atoms with Crippen molar-refractivity contribution in [1.29, 1.82) is 0 Å². The van der Waals surface area contributed by atoms with Gasteiger partial charge in [-0.2, -0.15) is 0 Å². The van der Waals surface area contributed by atoms with Crippen LogP contribution in [0.2, 0.25) is 0 Å². The maximum Gasteiger partial charge on any atom is 0.193 e. The highest BCUT2D eigenvalue weighted by atomic mass is 16.1. The van der Waals surface area contributed by atoms with E-state index < -0.39 is 0 Å². The molecule has 124 valence electrons. The highest BCUT2D eigenvalue weighted by molar-refractivity contribution is 6.11. The van der Waals surface area contributed by atoms with Crippen molar-refractivity contribution >= 4 is 5.78 Å². The smallest absolute Gasteiger partial charge is 0.193 e. The predicted molar refractivity (Wildman–Crippen MR) is 99.0 cm³/mol. The van der Waals surface area contributed by atoms with Crippen molar-refractivity contribution in [3.8, 4) is 0 Å². The molecule has 24 heavy (non-hydrogen) atoms. The van der Waals surface area contributed by atoms with Crippen molar-refractivity contribution in [2.24, 2.45) is 0 Å². The molecule has 2 aromatic carbocycles. The number of rotatable bonds is 4. The van der Waals surface area contributed by atoms with E-state index in [0.717, 1.165) is 11.1 Å². The SMILES string of the molecule is Cc1ccc(C(=O)c2ccc(C)cc2C2CCC2)c(C2CCC2)c1. The van der Waals surface area contributed by atoms with Crippen molar-refractivity contribution in [3.05, 3.63) is 69.8 Å². The fourth-order valence-electron chi connectivity index (χ4n) is 4.04. The molecule has 0 aromatic heterocycles. The summed E-state index contributed by atoms with van der Waals surface area (Å²) in [5.74, 6) is 1.40. The van der Waals surface area contributed by atoms with Gasteiger partial charge in [-0.3, -0.25) is 4.79 Å². The maximum absolute atomic E-state index is 13.4. The van der Waals surface area contributed by atoms with E-state index in [-0.39, 0.29) is 5.78 Å². The summed E-state index contributed by atoms with van der Waals surface area (Å²) in [6.45, 7) is 4.25. The number of aryl methyl sites for hydroxylation is 2. The average Bonchev–Trinajstić information content (AvgIpc) is 2.43. The minimum atomic E-state index is 0.235. The van der Waals surface area contributed by atoms with Crippen LogP contribution in [0.25, 0.3) is 0 Å². The molecule has 0 saturated heterocycles. The molecule has 2 aromatic rings. The summed E-state index contributed by atoms with van der Waals surface area (Å²) in [7, 11) is 0. The van der Waals surface area contributed by atoms with E-state index in [1.807, 2.05) is 0 Å². The molecular weight excluding hydrogens is 292 g/mol. The van der Waals surface area contributed by atoms with Gasteiger partial charge in [-0.1, -0.05) is 60.4 Å². The Balaban J connectivity index is 1.77. The first-order chi connectivity index (χ1) is 11.6. The molecule has 0 amide bonds. The summed E-state index contributed by atoms with van der Waals surface area (Å²) in [4.78, 5) is 13.4. The molecule has 4 rings (SSSR count). The Morgan fingerprint density at radius 2 is 1.17 bits per heavy atom. The third-order valence-corrected chi connectivity index (χ3v) is 5.99. The molecule has 0 atom stereocenters. The van der Waals surface area contributed by atoms with Crippen molar-refractivity contribution < 1.29 is 4.79 Å². The van der Waals surface area contributed by atoms with Gasteiger partial charge in [0.15, 0.2) is 5.78 Å². The molecule has 2 fully saturated rings. The Morgan fingerprint density at radius 3 is 1.50 bits per heavy atom. The van der Waals surface area contributed by atoms with Crippen molar-refractivity contribution in [2.45, 2.75) is 64.2 Å². The van der Waals surface area contributed by atoms with Gasteiger partial charge in [0.1, 0.15) is 0 Å². The maximum atomic E-state index is 13.4. The van der Waals surface area contributed by atoms with Gasteiger partial charge in [-0.15, -0.1) is 0 Å². The summed E-state index contributed by atoms with van der Waals surface area (Å²) in [6.07, 6.45) is 7.51. The average molecular weight is 318 g/mol. The van der Waals surface area contributed by atoms with Crippen LogP contribution in [0.1, 0.15) is 88.5 Å². The lowest BCUT2D eigenvalue weighted by Crippen LogP contribution is -2.18. The van der Waals surface area contributed by atoms with Gasteiger partial charge in [0.05, 0.1) is 0 Å². The van der Waals surface area contributed by atoms with Crippen LogP contribution in [-0.2, 0) is 0 Å². The molecular formula is C23H26O. The minimum absolute atomic E-state index is 0.235. The van der Waals surface area contributed by atoms with Gasteiger partial charge in [0.2, 0.25) is 0 Å². The van der Waals surface area contributed by atoms with Crippen molar-refractivity contribution in [2.75, 3.05) is 0 Å². The first-order valence-electron chi connectivity index (χ1n) is 9.39. The van der Waals surface area contributed by atoms with E-state index in [0.29, 0.717) is 11.8 Å². The monoisotopic (exact) mass is 318 g/mol. The highest BCUT2D eigenvalue weighted by Crippen LogP contribution is 2.41. The molecule has 0 radical (unpaired) electrons. The van der Waals surface area contributed by atoms with E-state index in [2.05, 4.69) is 50.2 Å². The van der Waals surface area contributed by atoms with Crippen LogP contribution in [0.5, 0.6) is 0 Å². The summed E-state index contributed by atoms with van der Waals surface area (Å²) >= 11 is 0. The lowest BCUT2D eigenvalue weighted by Gasteiger charge is -2.30. The lowest BCUT2D eigenvalue weighted by molar-refractivity contribution is 0.103. The molecule has 0 unspecified atom stereocenters. The molecule has 2 aliphatic carbocycles. The van der Waals surface area contributed by atoms with Gasteiger partial charge in [-0.25, -0.2) is 0 Å². The lowest BCUT2D eigenvalue weighted by atomic mass is 9.74. The second kappa shape index (κ2) is 6.20. The summed E-state index contributed by atoms with van der Waals surface area (Å²) in [5.41, 5.74) is 6.97. The number of ketones is 1. The van der Waals surface area contributed by atoms with E-state index in [1.54, 1.807) is 0 Å². The summed E-state index contributed by atoms with van der Waals surface area (Å²) in [5, 5.41) is 0. The Morgan fingerprint density at radius 1 is 0.750 bits per heavy atom. The van der Waals surface area contributed by atoms with Gasteiger partial charge in [0.25, 0.3) is 0 Å². The molecule has 1 nitrogen and oxygen atoms in total. The largest absolute Gasteiger partial charge is 0.289 e. The zero-order chi connectivity index (χ0) is 16.7. The van der Waals surface area contributed by atoms with E-state index in [9.17, 15) is 4.79 Å². The fraction of sp³-hybridized carbons (Fsp3) is 0.435. The first kappa shape index (κ1) is 15.6. The highest BCUT2D eigenvalue weighted by Gasteiger charge is 2.28. The zero-order valence-corrected chi connectivity index (χ0v) is 14.8. The Bertz CT molecular complexity index is 713. The number of carbonyl (C=O) groups is 1.